The standard InChI is InChI=1S/C14H20F2N2O3/c1-8(2)10(7-17)13(19)18-9-4-5-11(20-3)12(6-9)21-14(15)16/h4-6,8,10,14H,7,17H2,1-3H3,(H,18,19). The van der Waals surface area contributed by atoms with E-state index >= 15 is 0 Å². The number of benzene rings is 1. The number of nitrogens with one attached hydrogen (secondary N) is 1. The number of methoxy groups -OCH3 is 1. The molecule has 118 valence electrons. The minimum Gasteiger partial charge on any atom is -0.493 e. The van der Waals surface area contributed by atoms with E-state index in [2.05, 4.69) is 10.1 Å². The highest BCUT2D eigenvalue weighted by Crippen LogP contribution is 2.31. The van der Waals surface area contributed by atoms with Crippen LogP contribution in [0.1, 0.15) is 13.8 Å². The molecule has 0 radical (unpaired) electrons. The van der Waals surface area contributed by atoms with Gasteiger partial charge in [0.25, 0.3) is 0 Å². The SMILES string of the molecule is COc1ccc(NC(=O)C(CN)C(C)C)cc1OC(F)F. The van der Waals surface area contributed by atoms with Crippen LogP contribution in [0.25, 0.3) is 0 Å². The molecule has 0 aliphatic heterocycles. The Morgan fingerprint density at radius 3 is 2.48 bits per heavy atom. The minimum atomic E-state index is -2.97. The van der Waals surface area contributed by atoms with Gasteiger partial charge < -0.3 is 20.5 Å². The first-order valence-corrected chi connectivity index (χ1v) is 6.52. The van der Waals surface area contributed by atoms with Crippen molar-refractivity contribution in [3.8, 4) is 11.5 Å². The highest BCUT2D eigenvalue weighted by molar-refractivity contribution is 5.93. The van der Waals surface area contributed by atoms with E-state index in [1.165, 1.54) is 19.2 Å². The number of hydrogen-bond acceptors (Lipinski definition) is 4. The monoisotopic (exact) mass is 302 g/mol. The van der Waals surface area contributed by atoms with Gasteiger partial charge in [-0.3, -0.25) is 4.79 Å². The fraction of sp³-hybridized carbons (Fsp3) is 0.500. The first kappa shape index (κ1) is 17.2. The quantitative estimate of drug-likeness (QED) is 0.811. The van der Waals surface area contributed by atoms with E-state index in [0.717, 1.165) is 0 Å². The van der Waals surface area contributed by atoms with Crippen molar-refractivity contribution in [1.82, 2.24) is 0 Å². The topological polar surface area (TPSA) is 73.6 Å². The molecule has 21 heavy (non-hydrogen) atoms. The average Bonchev–Trinajstić information content (AvgIpc) is 2.38. The number of carbonyl (C=O) groups is 1. The molecular weight excluding hydrogens is 282 g/mol. The summed E-state index contributed by atoms with van der Waals surface area (Å²) in [5.74, 6) is -0.524. The van der Waals surface area contributed by atoms with Gasteiger partial charge in [0.1, 0.15) is 0 Å². The van der Waals surface area contributed by atoms with E-state index in [-0.39, 0.29) is 35.8 Å². The second-order valence-electron chi connectivity index (χ2n) is 4.82. The number of nitrogens with two attached hydrogens (primary N) is 1. The van der Waals surface area contributed by atoms with E-state index in [1.807, 2.05) is 13.8 Å². The summed E-state index contributed by atoms with van der Waals surface area (Å²) < 4.78 is 34.0. The molecule has 5 nitrogen and oxygen atoms in total. The molecule has 1 unspecified atom stereocenters. The molecule has 0 bridgehead atoms. The van der Waals surface area contributed by atoms with Crippen LogP contribution in [0.15, 0.2) is 18.2 Å². The summed E-state index contributed by atoms with van der Waals surface area (Å²) in [5, 5.41) is 2.64. The zero-order valence-electron chi connectivity index (χ0n) is 12.2. The number of amides is 1. The lowest BCUT2D eigenvalue weighted by Crippen LogP contribution is -2.33. The van der Waals surface area contributed by atoms with Gasteiger partial charge in [-0.1, -0.05) is 13.8 Å². The molecule has 0 aliphatic carbocycles. The molecule has 0 spiro atoms. The zero-order valence-corrected chi connectivity index (χ0v) is 12.2. The number of carbonyl (C=O) groups excluding carboxylic acids is 1. The second kappa shape index (κ2) is 7.78. The van der Waals surface area contributed by atoms with E-state index < -0.39 is 6.61 Å². The second-order valence-corrected chi connectivity index (χ2v) is 4.82. The lowest BCUT2D eigenvalue weighted by atomic mass is 9.95. The molecule has 0 heterocycles. The van der Waals surface area contributed by atoms with Crippen LogP contribution < -0.4 is 20.5 Å². The molecule has 1 aromatic rings. The summed E-state index contributed by atoms with van der Waals surface area (Å²) in [6.07, 6.45) is 0. The van der Waals surface area contributed by atoms with Crippen molar-refractivity contribution in [2.75, 3.05) is 19.0 Å². The summed E-state index contributed by atoms with van der Waals surface area (Å²) in [4.78, 5) is 12.1. The van der Waals surface area contributed by atoms with Gasteiger partial charge in [-0.05, 0) is 18.1 Å². The third-order valence-electron chi connectivity index (χ3n) is 3.04. The number of rotatable bonds is 7. The summed E-state index contributed by atoms with van der Waals surface area (Å²) in [6, 6.07) is 4.28. The fourth-order valence-electron chi connectivity index (χ4n) is 1.86. The van der Waals surface area contributed by atoms with Gasteiger partial charge in [0.15, 0.2) is 11.5 Å². The third kappa shape index (κ3) is 4.86. The van der Waals surface area contributed by atoms with Gasteiger partial charge >= 0.3 is 6.61 Å². The lowest BCUT2D eigenvalue weighted by Gasteiger charge is -2.19. The van der Waals surface area contributed by atoms with Gasteiger partial charge in [0, 0.05) is 18.3 Å². The molecule has 1 aromatic carbocycles. The van der Waals surface area contributed by atoms with Crippen LogP contribution in [-0.4, -0.2) is 26.2 Å². The fourth-order valence-corrected chi connectivity index (χ4v) is 1.86. The average molecular weight is 302 g/mol. The Balaban J connectivity index is 2.91. The molecule has 0 saturated carbocycles. The van der Waals surface area contributed by atoms with Gasteiger partial charge in [-0.15, -0.1) is 0 Å². The predicted molar refractivity (Wildman–Crippen MR) is 75.6 cm³/mol. The van der Waals surface area contributed by atoms with E-state index in [9.17, 15) is 13.6 Å². The number of ether oxygens (including phenoxy) is 2. The Morgan fingerprint density at radius 1 is 1.33 bits per heavy atom. The van der Waals surface area contributed by atoms with Crippen molar-refractivity contribution in [2.45, 2.75) is 20.5 Å². The first-order chi connectivity index (χ1) is 9.88. The van der Waals surface area contributed by atoms with E-state index in [1.54, 1.807) is 6.07 Å². The summed E-state index contributed by atoms with van der Waals surface area (Å²) >= 11 is 0. The predicted octanol–water partition coefficient (Wildman–Crippen LogP) is 2.47. The van der Waals surface area contributed by atoms with Crippen molar-refractivity contribution < 1.29 is 23.0 Å². The number of alkyl halides is 2. The number of anilines is 1. The maximum atomic E-state index is 12.3. The molecule has 0 aliphatic rings. The molecule has 0 fully saturated rings. The van der Waals surface area contributed by atoms with Gasteiger partial charge in [0.05, 0.1) is 13.0 Å². The van der Waals surface area contributed by atoms with Crippen molar-refractivity contribution >= 4 is 11.6 Å². The van der Waals surface area contributed by atoms with Crippen molar-refractivity contribution in [1.29, 1.82) is 0 Å². The maximum Gasteiger partial charge on any atom is 0.387 e. The highest BCUT2D eigenvalue weighted by atomic mass is 19.3. The Kier molecular flexibility index (Phi) is 6.36. The smallest absolute Gasteiger partial charge is 0.387 e. The summed E-state index contributed by atoms with van der Waals surface area (Å²) in [6.45, 7) is 1.00. The molecule has 7 heteroatoms. The molecule has 1 amide bonds. The molecule has 0 aromatic heterocycles. The van der Waals surface area contributed by atoms with Gasteiger partial charge in [-0.25, -0.2) is 0 Å². The van der Waals surface area contributed by atoms with Crippen LogP contribution in [0.2, 0.25) is 0 Å². The van der Waals surface area contributed by atoms with E-state index in [0.29, 0.717) is 5.69 Å². The molecule has 1 atom stereocenters. The Morgan fingerprint density at radius 2 is 2.00 bits per heavy atom. The third-order valence-corrected chi connectivity index (χ3v) is 3.04. The van der Waals surface area contributed by atoms with Gasteiger partial charge in [0.2, 0.25) is 5.91 Å². The normalized spacial score (nSPS) is 12.4. The molecular formula is C14H20F2N2O3. The Bertz CT molecular complexity index is 481. The van der Waals surface area contributed by atoms with Crippen LogP contribution >= 0.6 is 0 Å². The van der Waals surface area contributed by atoms with Crippen LogP contribution in [0, 0.1) is 11.8 Å². The van der Waals surface area contributed by atoms with Crippen LogP contribution in [0.5, 0.6) is 11.5 Å². The van der Waals surface area contributed by atoms with Crippen molar-refractivity contribution in [3.05, 3.63) is 18.2 Å². The molecule has 3 N–H and O–H groups in total. The summed E-state index contributed by atoms with van der Waals surface area (Å²) in [5.41, 5.74) is 5.91. The number of halogens is 2. The summed E-state index contributed by atoms with van der Waals surface area (Å²) in [7, 11) is 1.34. The highest BCUT2D eigenvalue weighted by Gasteiger charge is 2.21. The molecule has 1 rings (SSSR count). The zero-order chi connectivity index (χ0) is 16.0. The van der Waals surface area contributed by atoms with Gasteiger partial charge in [-0.2, -0.15) is 8.78 Å². The lowest BCUT2D eigenvalue weighted by molar-refractivity contribution is -0.120. The Labute approximate surface area is 122 Å². The van der Waals surface area contributed by atoms with Crippen molar-refractivity contribution in [3.63, 3.8) is 0 Å². The maximum absolute atomic E-state index is 12.3. The molecule has 0 saturated heterocycles. The van der Waals surface area contributed by atoms with E-state index in [4.69, 9.17) is 10.5 Å². The van der Waals surface area contributed by atoms with Crippen LogP contribution in [0.3, 0.4) is 0 Å². The first-order valence-electron chi connectivity index (χ1n) is 6.52. The van der Waals surface area contributed by atoms with Crippen LogP contribution in [-0.2, 0) is 4.79 Å². The minimum absolute atomic E-state index is 0.0741. The van der Waals surface area contributed by atoms with Crippen molar-refractivity contribution in [2.24, 2.45) is 17.6 Å². The number of hydrogen-bond donors (Lipinski definition) is 2. The van der Waals surface area contributed by atoms with Crippen LogP contribution in [0.4, 0.5) is 14.5 Å². The largest absolute Gasteiger partial charge is 0.493 e. The Hall–Kier alpha value is -1.89.